The van der Waals surface area contributed by atoms with Crippen LogP contribution in [0.5, 0.6) is 5.75 Å². The summed E-state index contributed by atoms with van der Waals surface area (Å²) in [5.74, 6) is 0.888. The van der Waals surface area contributed by atoms with Crippen molar-refractivity contribution in [3.05, 3.63) is 59.4 Å². The van der Waals surface area contributed by atoms with Crippen LogP contribution in [0, 0.1) is 0 Å². The smallest absolute Gasteiger partial charge is 0.119 e. The van der Waals surface area contributed by atoms with Crippen LogP contribution in [0.3, 0.4) is 0 Å². The molecule has 4 nitrogen and oxygen atoms in total. The Morgan fingerprint density at radius 1 is 1.10 bits per heavy atom. The number of rotatable bonds is 6. The van der Waals surface area contributed by atoms with Gasteiger partial charge in [-0.2, -0.15) is 0 Å². The molecule has 0 bridgehead atoms. The summed E-state index contributed by atoms with van der Waals surface area (Å²) in [5.41, 5.74) is 8.81. The van der Waals surface area contributed by atoms with Crippen LogP contribution in [0.4, 0.5) is 0 Å². The molecule has 2 rings (SSSR count). The molecule has 1 heterocycles. The quantitative estimate of drug-likeness (QED) is 0.875. The van der Waals surface area contributed by atoms with Crippen molar-refractivity contribution < 1.29 is 4.74 Å². The van der Waals surface area contributed by atoms with Gasteiger partial charge in [-0.05, 0) is 36.9 Å². The molecule has 0 aliphatic rings. The first-order valence-corrected chi connectivity index (χ1v) is 6.67. The zero-order valence-electron chi connectivity index (χ0n) is 12.0. The second kappa shape index (κ2) is 7.03. The molecule has 0 unspecified atom stereocenters. The summed E-state index contributed by atoms with van der Waals surface area (Å²) < 4.78 is 5.24. The fraction of sp³-hybridized carbons (Fsp3) is 0.312. The van der Waals surface area contributed by atoms with E-state index in [9.17, 15) is 0 Å². The Morgan fingerprint density at radius 3 is 2.60 bits per heavy atom. The minimum absolute atomic E-state index is 0.480. The lowest BCUT2D eigenvalue weighted by Gasteiger charge is -2.17. The van der Waals surface area contributed by atoms with Crippen molar-refractivity contribution in [1.29, 1.82) is 0 Å². The van der Waals surface area contributed by atoms with E-state index in [1.165, 1.54) is 5.56 Å². The molecule has 0 amide bonds. The zero-order valence-corrected chi connectivity index (χ0v) is 12.0. The third-order valence-electron chi connectivity index (χ3n) is 3.09. The van der Waals surface area contributed by atoms with Gasteiger partial charge < -0.3 is 10.5 Å². The highest BCUT2D eigenvalue weighted by Gasteiger charge is 2.04. The molecule has 0 aliphatic carbocycles. The monoisotopic (exact) mass is 271 g/mol. The van der Waals surface area contributed by atoms with Crippen molar-refractivity contribution in [3.8, 4) is 5.75 Å². The van der Waals surface area contributed by atoms with Crippen molar-refractivity contribution in [2.24, 2.45) is 5.73 Å². The van der Waals surface area contributed by atoms with Gasteiger partial charge in [-0.1, -0.05) is 18.2 Å². The molecule has 0 saturated carbocycles. The number of ether oxygens (including phenoxy) is 1. The highest BCUT2D eigenvalue weighted by Crippen LogP contribution is 2.14. The van der Waals surface area contributed by atoms with Crippen LogP contribution >= 0.6 is 0 Å². The summed E-state index contributed by atoms with van der Waals surface area (Å²) in [6.07, 6.45) is 0. The van der Waals surface area contributed by atoms with Gasteiger partial charge in [0.25, 0.3) is 0 Å². The summed E-state index contributed by atoms with van der Waals surface area (Å²) in [6.45, 7) is 2.13. The molecule has 20 heavy (non-hydrogen) atoms. The lowest BCUT2D eigenvalue weighted by Crippen LogP contribution is -2.18. The van der Waals surface area contributed by atoms with E-state index in [4.69, 9.17) is 10.5 Å². The fourth-order valence-electron chi connectivity index (χ4n) is 2.15. The number of methoxy groups -OCH3 is 1. The first-order chi connectivity index (χ1) is 9.71. The zero-order chi connectivity index (χ0) is 14.4. The lowest BCUT2D eigenvalue weighted by atomic mass is 10.2. The third kappa shape index (κ3) is 4.05. The van der Waals surface area contributed by atoms with Crippen molar-refractivity contribution in [2.45, 2.75) is 19.6 Å². The first-order valence-electron chi connectivity index (χ1n) is 6.67. The van der Waals surface area contributed by atoms with Gasteiger partial charge in [-0.25, -0.2) is 0 Å². The van der Waals surface area contributed by atoms with Crippen molar-refractivity contribution in [3.63, 3.8) is 0 Å². The van der Waals surface area contributed by atoms with E-state index in [1.54, 1.807) is 7.11 Å². The van der Waals surface area contributed by atoms with E-state index in [2.05, 4.69) is 29.1 Å². The largest absolute Gasteiger partial charge is 0.497 e. The maximum atomic E-state index is 5.62. The Balaban J connectivity index is 1.99. The standard InChI is InChI=1S/C16H21N3O/c1-19(11-13-5-3-8-16(9-13)20-2)12-15-7-4-6-14(10-17)18-15/h3-9H,10-12,17H2,1-2H3. The lowest BCUT2D eigenvalue weighted by molar-refractivity contribution is 0.314. The van der Waals surface area contributed by atoms with Crippen LogP contribution in [-0.4, -0.2) is 24.0 Å². The molecule has 106 valence electrons. The van der Waals surface area contributed by atoms with Crippen molar-refractivity contribution >= 4 is 0 Å². The molecule has 1 aromatic carbocycles. The number of benzene rings is 1. The van der Waals surface area contributed by atoms with Crippen molar-refractivity contribution in [1.82, 2.24) is 9.88 Å². The molecular formula is C16H21N3O. The second-order valence-corrected chi connectivity index (χ2v) is 4.85. The number of hydrogen-bond donors (Lipinski definition) is 1. The predicted molar refractivity (Wildman–Crippen MR) is 80.3 cm³/mol. The minimum atomic E-state index is 0.480. The molecule has 0 spiro atoms. The molecule has 0 atom stereocenters. The van der Waals surface area contributed by atoms with Gasteiger partial charge in [-0.15, -0.1) is 0 Å². The molecule has 0 fully saturated rings. The van der Waals surface area contributed by atoms with Gasteiger partial charge in [0, 0.05) is 19.6 Å². The second-order valence-electron chi connectivity index (χ2n) is 4.85. The van der Waals surface area contributed by atoms with E-state index in [0.717, 1.165) is 30.2 Å². The van der Waals surface area contributed by atoms with Crippen LogP contribution in [0.2, 0.25) is 0 Å². The third-order valence-corrected chi connectivity index (χ3v) is 3.09. The van der Waals surface area contributed by atoms with Crippen molar-refractivity contribution in [2.75, 3.05) is 14.2 Å². The van der Waals surface area contributed by atoms with E-state index in [0.29, 0.717) is 6.54 Å². The Morgan fingerprint density at radius 2 is 1.85 bits per heavy atom. The highest BCUT2D eigenvalue weighted by molar-refractivity contribution is 5.28. The van der Waals surface area contributed by atoms with Gasteiger partial charge >= 0.3 is 0 Å². The number of nitrogens with zero attached hydrogens (tertiary/aromatic N) is 2. The Labute approximate surface area is 120 Å². The van der Waals surface area contributed by atoms with Crippen LogP contribution in [0.25, 0.3) is 0 Å². The Hall–Kier alpha value is -1.91. The predicted octanol–water partition coefficient (Wildman–Crippen LogP) is 2.18. The molecule has 2 N–H and O–H groups in total. The fourth-order valence-corrected chi connectivity index (χ4v) is 2.15. The molecule has 0 aliphatic heterocycles. The summed E-state index contributed by atoms with van der Waals surface area (Å²) >= 11 is 0. The number of hydrogen-bond acceptors (Lipinski definition) is 4. The van der Waals surface area contributed by atoms with E-state index < -0.39 is 0 Å². The van der Waals surface area contributed by atoms with E-state index in [-0.39, 0.29) is 0 Å². The molecule has 0 radical (unpaired) electrons. The van der Waals surface area contributed by atoms with E-state index in [1.807, 2.05) is 30.3 Å². The van der Waals surface area contributed by atoms with Crippen LogP contribution in [0.15, 0.2) is 42.5 Å². The molecular weight excluding hydrogens is 250 g/mol. The Bertz CT molecular complexity index is 507. The average Bonchev–Trinajstić information content (AvgIpc) is 2.47. The van der Waals surface area contributed by atoms with Gasteiger partial charge in [0.1, 0.15) is 5.75 Å². The van der Waals surface area contributed by atoms with Crippen LogP contribution < -0.4 is 10.5 Å². The van der Waals surface area contributed by atoms with Crippen LogP contribution in [0.1, 0.15) is 17.0 Å². The normalized spacial score (nSPS) is 10.8. The molecule has 2 aromatic rings. The summed E-state index contributed by atoms with van der Waals surface area (Å²) in [6, 6.07) is 14.1. The molecule has 0 saturated heterocycles. The maximum absolute atomic E-state index is 5.62. The summed E-state index contributed by atoms with van der Waals surface area (Å²) in [5, 5.41) is 0. The maximum Gasteiger partial charge on any atom is 0.119 e. The topological polar surface area (TPSA) is 51.4 Å². The van der Waals surface area contributed by atoms with Gasteiger partial charge in [0.15, 0.2) is 0 Å². The van der Waals surface area contributed by atoms with Gasteiger partial charge in [0.05, 0.1) is 18.5 Å². The van der Waals surface area contributed by atoms with Crippen LogP contribution in [-0.2, 0) is 19.6 Å². The average molecular weight is 271 g/mol. The summed E-state index contributed by atoms with van der Waals surface area (Å²) in [7, 11) is 3.77. The number of pyridine rings is 1. The van der Waals surface area contributed by atoms with Gasteiger partial charge in [-0.3, -0.25) is 9.88 Å². The highest BCUT2D eigenvalue weighted by atomic mass is 16.5. The summed E-state index contributed by atoms with van der Waals surface area (Å²) in [4.78, 5) is 6.73. The number of aromatic nitrogens is 1. The molecule has 4 heteroatoms. The van der Waals surface area contributed by atoms with E-state index >= 15 is 0 Å². The minimum Gasteiger partial charge on any atom is -0.497 e. The molecule has 1 aromatic heterocycles. The Kier molecular flexibility index (Phi) is 5.09. The first kappa shape index (κ1) is 14.5. The SMILES string of the molecule is COc1cccc(CN(C)Cc2cccc(CN)n2)c1. The number of nitrogens with two attached hydrogens (primary N) is 1. The van der Waals surface area contributed by atoms with Gasteiger partial charge in [0.2, 0.25) is 0 Å².